The molecule has 3 aromatic rings. The molecule has 2 N–H and O–H groups in total. The first kappa shape index (κ1) is 22.8. The van der Waals surface area contributed by atoms with Crippen molar-refractivity contribution in [1.29, 1.82) is 0 Å². The van der Waals surface area contributed by atoms with Crippen LogP contribution in [-0.4, -0.2) is 35.5 Å². The van der Waals surface area contributed by atoms with Gasteiger partial charge in [-0.3, -0.25) is 9.59 Å². The number of ether oxygens (including phenoxy) is 1. The lowest BCUT2D eigenvalue weighted by Gasteiger charge is -2.29. The number of carbonyl (C=O) groups is 2. The van der Waals surface area contributed by atoms with Crippen molar-refractivity contribution in [3.8, 4) is 5.75 Å². The highest BCUT2D eigenvalue weighted by Gasteiger charge is 2.25. The largest absolute Gasteiger partial charge is 0.484 e. The zero-order valence-corrected chi connectivity index (χ0v) is 19.2. The van der Waals surface area contributed by atoms with Gasteiger partial charge in [-0.15, -0.1) is 11.3 Å². The maximum Gasteiger partial charge on any atom is 0.280 e. The van der Waals surface area contributed by atoms with Gasteiger partial charge in [-0.25, -0.2) is 9.37 Å². The fourth-order valence-electron chi connectivity index (χ4n) is 3.61. The number of aromatic nitrogens is 1. The predicted molar refractivity (Wildman–Crippen MR) is 123 cm³/mol. The molecule has 6 nitrogen and oxygen atoms in total. The molecule has 2 aromatic carbocycles. The number of nitrogens with one attached hydrogen (secondary N) is 2. The number of fused-ring (bicyclic) bond motifs is 1. The average Bonchev–Trinajstić information content (AvgIpc) is 3.19. The molecule has 0 saturated heterocycles. The van der Waals surface area contributed by atoms with Crippen molar-refractivity contribution in [2.45, 2.75) is 37.8 Å². The number of carbonyl (C=O) groups excluding carboxylic acids is 2. The van der Waals surface area contributed by atoms with Crippen molar-refractivity contribution in [3.05, 3.63) is 57.3 Å². The third-order valence-corrected chi connectivity index (χ3v) is 6.81. The van der Waals surface area contributed by atoms with Gasteiger partial charge in [0.25, 0.3) is 11.8 Å². The number of benzene rings is 2. The Kier molecular flexibility index (Phi) is 7.13. The molecule has 1 aliphatic carbocycles. The van der Waals surface area contributed by atoms with Crippen LogP contribution >= 0.6 is 34.5 Å². The van der Waals surface area contributed by atoms with Crippen molar-refractivity contribution in [2.24, 2.45) is 0 Å². The predicted octanol–water partition coefficient (Wildman–Crippen LogP) is 4.98. The van der Waals surface area contributed by atoms with Crippen LogP contribution in [0.3, 0.4) is 0 Å². The molecule has 0 aliphatic heterocycles. The molecular weight excluding hydrogens is 476 g/mol. The van der Waals surface area contributed by atoms with Crippen LogP contribution in [0.5, 0.6) is 5.75 Å². The van der Waals surface area contributed by atoms with Crippen molar-refractivity contribution in [2.75, 3.05) is 6.61 Å². The van der Waals surface area contributed by atoms with E-state index in [9.17, 15) is 14.0 Å². The molecule has 1 aromatic heterocycles. The number of nitrogens with zero attached hydrogens (tertiary/aromatic N) is 1. The third kappa shape index (κ3) is 5.68. The van der Waals surface area contributed by atoms with Gasteiger partial charge in [-0.1, -0.05) is 23.2 Å². The second-order valence-electron chi connectivity index (χ2n) is 7.59. The number of hydrogen-bond donors (Lipinski definition) is 2. The SMILES string of the molecule is O=C(COc1ccc(Cl)c(F)c1)NC1CCC(NC(=O)c2nc3cc(Cl)ccc3s2)CC1. The summed E-state index contributed by atoms with van der Waals surface area (Å²) in [6.45, 7) is -0.209. The molecule has 168 valence electrons. The van der Waals surface area contributed by atoms with E-state index in [0.29, 0.717) is 15.5 Å². The van der Waals surface area contributed by atoms with Crippen molar-refractivity contribution in [3.63, 3.8) is 0 Å². The number of hydrogen-bond acceptors (Lipinski definition) is 5. The number of thiazole rings is 1. The molecule has 0 radical (unpaired) electrons. The molecule has 0 spiro atoms. The first-order valence-electron chi connectivity index (χ1n) is 10.1. The van der Waals surface area contributed by atoms with Crippen molar-refractivity contribution < 1.29 is 18.7 Å². The van der Waals surface area contributed by atoms with E-state index in [0.717, 1.165) is 36.4 Å². The molecule has 32 heavy (non-hydrogen) atoms. The van der Waals surface area contributed by atoms with Crippen LogP contribution in [0, 0.1) is 5.82 Å². The molecule has 1 fully saturated rings. The van der Waals surface area contributed by atoms with Gasteiger partial charge < -0.3 is 15.4 Å². The van der Waals surface area contributed by atoms with E-state index in [1.54, 1.807) is 12.1 Å². The summed E-state index contributed by atoms with van der Waals surface area (Å²) in [5, 5.41) is 6.95. The molecule has 1 aliphatic rings. The van der Waals surface area contributed by atoms with E-state index in [2.05, 4.69) is 15.6 Å². The summed E-state index contributed by atoms with van der Waals surface area (Å²) in [4.78, 5) is 29.1. The van der Waals surface area contributed by atoms with Gasteiger partial charge in [0.15, 0.2) is 11.6 Å². The smallest absolute Gasteiger partial charge is 0.280 e. The van der Waals surface area contributed by atoms with E-state index in [4.69, 9.17) is 27.9 Å². The Labute approximate surface area is 198 Å². The highest BCUT2D eigenvalue weighted by molar-refractivity contribution is 7.20. The van der Waals surface area contributed by atoms with Gasteiger partial charge in [-0.2, -0.15) is 0 Å². The Morgan fingerprint density at radius 2 is 1.78 bits per heavy atom. The molecule has 2 amide bonds. The maximum absolute atomic E-state index is 13.4. The number of rotatable bonds is 6. The highest BCUT2D eigenvalue weighted by atomic mass is 35.5. The van der Waals surface area contributed by atoms with Crippen LogP contribution in [0.25, 0.3) is 10.2 Å². The quantitative estimate of drug-likeness (QED) is 0.505. The summed E-state index contributed by atoms with van der Waals surface area (Å²) < 4.78 is 19.7. The Hall–Kier alpha value is -2.42. The van der Waals surface area contributed by atoms with E-state index in [-0.39, 0.29) is 41.3 Å². The van der Waals surface area contributed by atoms with Crippen LogP contribution in [-0.2, 0) is 4.79 Å². The second kappa shape index (κ2) is 10.0. The third-order valence-electron chi connectivity index (χ3n) is 5.23. The maximum atomic E-state index is 13.4. The van der Waals surface area contributed by atoms with Crippen LogP contribution in [0.2, 0.25) is 10.0 Å². The lowest BCUT2D eigenvalue weighted by molar-refractivity contribution is -0.124. The molecule has 10 heteroatoms. The first-order valence-corrected chi connectivity index (χ1v) is 11.7. The van der Waals surface area contributed by atoms with E-state index in [1.165, 1.54) is 23.5 Å². The minimum atomic E-state index is -0.598. The summed E-state index contributed by atoms with van der Waals surface area (Å²) in [5.41, 5.74) is 0.711. The molecule has 1 heterocycles. The lowest BCUT2D eigenvalue weighted by atomic mass is 9.91. The number of amides is 2. The van der Waals surface area contributed by atoms with Gasteiger partial charge in [0.1, 0.15) is 11.6 Å². The van der Waals surface area contributed by atoms with Gasteiger partial charge in [0.05, 0.1) is 15.2 Å². The Balaban J connectivity index is 1.21. The van der Waals surface area contributed by atoms with Gasteiger partial charge in [-0.05, 0) is 56.0 Å². The van der Waals surface area contributed by atoms with Crippen LogP contribution in [0.15, 0.2) is 36.4 Å². The monoisotopic (exact) mass is 495 g/mol. The Morgan fingerprint density at radius 1 is 1.06 bits per heavy atom. The molecule has 0 bridgehead atoms. The molecular formula is C22H20Cl2FN3O3S. The minimum absolute atomic E-state index is 0.00168. The minimum Gasteiger partial charge on any atom is -0.484 e. The fourth-order valence-corrected chi connectivity index (χ4v) is 4.74. The van der Waals surface area contributed by atoms with Crippen molar-refractivity contribution in [1.82, 2.24) is 15.6 Å². The van der Waals surface area contributed by atoms with Gasteiger partial charge >= 0.3 is 0 Å². The van der Waals surface area contributed by atoms with E-state index in [1.807, 2.05) is 6.07 Å². The summed E-state index contributed by atoms with van der Waals surface area (Å²) >= 11 is 12.9. The zero-order valence-electron chi connectivity index (χ0n) is 16.9. The summed E-state index contributed by atoms with van der Waals surface area (Å²) in [6, 6.07) is 9.43. The first-order chi connectivity index (χ1) is 15.4. The van der Waals surface area contributed by atoms with Gasteiger partial charge in [0.2, 0.25) is 0 Å². The highest BCUT2D eigenvalue weighted by Crippen LogP contribution is 2.26. The summed E-state index contributed by atoms with van der Waals surface area (Å²) in [5.74, 6) is -0.829. The normalized spacial score (nSPS) is 18.3. The second-order valence-corrected chi connectivity index (χ2v) is 9.46. The van der Waals surface area contributed by atoms with Crippen LogP contribution < -0.4 is 15.4 Å². The standard InChI is InChI=1S/C22H20Cl2FN3O3S/c23-12-1-8-19-18(9-12)28-22(32-19)21(30)27-14-4-2-13(3-5-14)26-20(29)11-31-15-6-7-16(24)17(25)10-15/h1,6-10,13-14H,2-5,11H2,(H,26,29)(H,27,30). The topological polar surface area (TPSA) is 80.3 Å². The zero-order chi connectivity index (χ0) is 22.7. The summed E-state index contributed by atoms with van der Waals surface area (Å²) in [7, 11) is 0. The molecule has 4 rings (SSSR count). The van der Waals surface area contributed by atoms with Crippen LogP contribution in [0.4, 0.5) is 4.39 Å². The fraction of sp³-hybridized carbons (Fsp3) is 0.318. The van der Waals surface area contributed by atoms with Crippen molar-refractivity contribution >= 4 is 56.6 Å². The summed E-state index contributed by atoms with van der Waals surface area (Å²) in [6.07, 6.45) is 2.97. The number of halogens is 3. The Morgan fingerprint density at radius 3 is 2.50 bits per heavy atom. The average molecular weight is 496 g/mol. The van der Waals surface area contributed by atoms with E-state index < -0.39 is 5.82 Å². The van der Waals surface area contributed by atoms with E-state index >= 15 is 0 Å². The molecule has 0 atom stereocenters. The Bertz CT molecular complexity index is 1150. The molecule has 0 unspecified atom stereocenters. The molecule has 1 saturated carbocycles. The lowest BCUT2D eigenvalue weighted by Crippen LogP contribution is -2.44. The van der Waals surface area contributed by atoms with Gasteiger partial charge in [0, 0.05) is 23.2 Å². The van der Waals surface area contributed by atoms with Crippen LogP contribution in [0.1, 0.15) is 35.5 Å².